The van der Waals surface area contributed by atoms with Crippen molar-refractivity contribution in [3.63, 3.8) is 0 Å². The van der Waals surface area contributed by atoms with Crippen molar-refractivity contribution in [1.82, 2.24) is 9.78 Å². The van der Waals surface area contributed by atoms with Gasteiger partial charge in [0.15, 0.2) is 0 Å². The molecule has 0 atom stereocenters. The molecule has 2 rings (SSSR count). The molecule has 0 bridgehead atoms. The Hall–Kier alpha value is -0.830. The fraction of sp³-hybridized carbons (Fsp3) is 0.700. The van der Waals surface area contributed by atoms with E-state index in [0.29, 0.717) is 0 Å². The van der Waals surface area contributed by atoms with Crippen LogP contribution in [-0.4, -0.2) is 21.5 Å². The van der Waals surface area contributed by atoms with Crippen LogP contribution in [0.15, 0.2) is 6.20 Å². The molecule has 1 aliphatic rings. The average Bonchev–Trinajstić information content (AvgIpc) is 2.33. The van der Waals surface area contributed by atoms with Gasteiger partial charge in [-0.2, -0.15) is 5.10 Å². The monoisotopic (exact) mass is 180 g/mol. The van der Waals surface area contributed by atoms with Crippen LogP contribution in [-0.2, 0) is 13.5 Å². The Morgan fingerprint density at radius 1 is 1.62 bits per heavy atom. The topological polar surface area (TPSA) is 38.0 Å². The summed E-state index contributed by atoms with van der Waals surface area (Å²) in [5, 5.41) is 13.2. The minimum atomic E-state index is 0.221. The van der Waals surface area contributed by atoms with Crippen LogP contribution in [0.2, 0.25) is 0 Å². The van der Waals surface area contributed by atoms with E-state index in [1.807, 2.05) is 17.9 Å². The molecule has 3 heteroatoms. The summed E-state index contributed by atoms with van der Waals surface area (Å²) < 4.78 is 1.89. The SMILES string of the molecule is Cn1ncc(C2CCC2)c1CCO. The highest BCUT2D eigenvalue weighted by atomic mass is 16.3. The lowest BCUT2D eigenvalue weighted by molar-refractivity contribution is 0.294. The maximum Gasteiger partial charge on any atom is 0.0527 e. The molecule has 0 aliphatic heterocycles. The number of hydrogen-bond acceptors (Lipinski definition) is 2. The van der Waals surface area contributed by atoms with Gasteiger partial charge in [-0.1, -0.05) is 6.42 Å². The highest BCUT2D eigenvalue weighted by Crippen LogP contribution is 2.37. The minimum Gasteiger partial charge on any atom is -0.396 e. The molecule has 1 aliphatic carbocycles. The zero-order valence-corrected chi connectivity index (χ0v) is 8.03. The van der Waals surface area contributed by atoms with E-state index >= 15 is 0 Å². The Balaban J connectivity index is 2.22. The molecular weight excluding hydrogens is 164 g/mol. The maximum atomic E-state index is 8.92. The molecule has 0 aromatic carbocycles. The van der Waals surface area contributed by atoms with Gasteiger partial charge < -0.3 is 5.11 Å². The molecule has 1 aromatic rings. The number of aryl methyl sites for hydroxylation is 1. The third-order valence-corrected chi connectivity index (χ3v) is 2.99. The third kappa shape index (κ3) is 1.48. The van der Waals surface area contributed by atoms with Crippen molar-refractivity contribution < 1.29 is 5.11 Å². The van der Waals surface area contributed by atoms with Gasteiger partial charge in [0.2, 0.25) is 0 Å². The van der Waals surface area contributed by atoms with Crippen molar-refractivity contribution in [2.75, 3.05) is 6.61 Å². The van der Waals surface area contributed by atoms with Gasteiger partial charge in [-0.05, 0) is 24.3 Å². The fourth-order valence-electron chi connectivity index (χ4n) is 1.95. The molecule has 0 radical (unpaired) electrons. The molecule has 0 saturated heterocycles. The van der Waals surface area contributed by atoms with Gasteiger partial charge in [0, 0.05) is 25.8 Å². The second-order valence-electron chi connectivity index (χ2n) is 3.77. The molecule has 0 amide bonds. The average molecular weight is 180 g/mol. The van der Waals surface area contributed by atoms with Crippen LogP contribution in [0.1, 0.15) is 36.4 Å². The predicted molar refractivity (Wildman–Crippen MR) is 50.6 cm³/mol. The maximum absolute atomic E-state index is 8.92. The summed E-state index contributed by atoms with van der Waals surface area (Å²) in [5.41, 5.74) is 2.58. The molecule has 1 heterocycles. The zero-order chi connectivity index (χ0) is 9.26. The second-order valence-corrected chi connectivity index (χ2v) is 3.77. The van der Waals surface area contributed by atoms with E-state index in [9.17, 15) is 0 Å². The molecule has 1 N–H and O–H groups in total. The molecule has 13 heavy (non-hydrogen) atoms. The van der Waals surface area contributed by atoms with E-state index in [2.05, 4.69) is 5.10 Å². The van der Waals surface area contributed by atoms with E-state index in [1.165, 1.54) is 30.5 Å². The Labute approximate surface area is 78.4 Å². The van der Waals surface area contributed by atoms with E-state index in [-0.39, 0.29) is 6.61 Å². The van der Waals surface area contributed by atoms with Gasteiger partial charge in [0.25, 0.3) is 0 Å². The number of nitrogens with zero attached hydrogens (tertiary/aromatic N) is 2. The summed E-state index contributed by atoms with van der Waals surface area (Å²) in [5.74, 6) is 0.718. The van der Waals surface area contributed by atoms with Gasteiger partial charge in [0.05, 0.1) is 6.20 Å². The Bertz CT molecular complexity index is 289. The van der Waals surface area contributed by atoms with E-state index in [0.717, 1.165) is 12.3 Å². The van der Waals surface area contributed by atoms with E-state index in [4.69, 9.17) is 5.11 Å². The Morgan fingerprint density at radius 2 is 2.38 bits per heavy atom. The number of aliphatic hydroxyl groups is 1. The normalized spacial score (nSPS) is 17.4. The van der Waals surface area contributed by atoms with Crippen LogP contribution < -0.4 is 0 Å². The Morgan fingerprint density at radius 3 is 2.92 bits per heavy atom. The molecule has 3 nitrogen and oxygen atoms in total. The van der Waals surface area contributed by atoms with Gasteiger partial charge in [-0.15, -0.1) is 0 Å². The first-order chi connectivity index (χ1) is 6.33. The molecule has 0 spiro atoms. The third-order valence-electron chi connectivity index (χ3n) is 2.99. The quantitative estimate of drug-likeness (QED) is 0.759. The van der Waals surface area contributed by atoms with Crippen LogP contribution in [0.25, 0.3) is 0 Å². The van der Waals surface area contributed by atoms with Gasteiger partial charge in [-0.25, -0.2) is 0 Å². The lowest BCUT2D eigenvalue weighted by atomic mass is 9.80. The molecule has 1 fully saturated rings. The first-order valence-electron chi connectivity index (χ1n) is 4.94. The first kappa shape index (κ1) is 8.75. The van der Waals surface area contributed by atoms with Gasteiger partial charge >= 0.3 is 0 Å². The molecule has 1 saturated carbocycles. The predicted octanol–water partition coefficient (Wildman–Crippen LogP) is 1.22. The summed E-state index contributed by atoms with van der Waals surface area (Å²) in [6, 6.07) is 0. The van der Waals surface area contributed by atoms with E-state index < -0.39 is 0 Å². The molecule has 1 aromatic heterocycles. The second kappa shape index (κ2) is 3.50. The van der Waals surface area contributed by atoms with Crippen LogP contribution >= 0.6 is 0 Å². The van der Waals surface area contributed by atoms with Gasteiger partial charge in [-0.3, -0.25) is 4.68 Å². The molecule has 72 valence electrons. The van der Waals surface area contributed by atoms with Crippen molar-refractivity contribution in [1.29, 1.82) is 0 Å². The summed E-state index contributed by atoms with van der Waals surface area (Å²) in [6.07, 6.45) is 6.64. The highest BCUT2D eigenvalue weighted by Gasteiger charge is 2.23. The summed E-state index contributed by atoms with van der Waals surface area (Å²) >= 11 is 0. The first-order valence-corrected chi connectivity index (χ1v) is 4.94. The Kier molecular flexibility index (Phi) is 2.36. The highest BCUT2D eigenvalue weighted by molar-refractivity contribution is 5.24. The summed E-state index contributed by atoms with van der Waals surface area (Å²) in [4.78, 5) is 0. The summed E-state index contributed by atoms with van der Waals surface area (Å²) in [7, 11) is 1.95. The number of rotatable bonds is 3. The van der Waals surface area contributed by atoms with Gasteiger partial charge in [0.1, 0.15) is 0 Å². The standard InChI is InChI=1S/C10H16N2O/c1-12-10(5-6-13)9(7-11-12)8-3-2-4-8/h7-8,13H,2-6H2,1H3. The smallest absolute Gasteiger partial charge is 0.0527 e. The lowest BCUT2D eigenvalue weighted by Gasteiger charge is -2.25. The van der Waals surface area contributed by atoms with Crippen LogP contribution in [0.3, 0.4) is 0 Å². The van der Waals surface area contributed by atoms with Crippen LogP contribution in [0.4, 0.5) is 0 Å². The van der Waals surface area contributed by atoms with Crippen molar-refractivity contribution in [2.24, 2.45) is 7.05 Å². The number of aromatic nitrogens is 2. The van der Waals surface area contributed by atoms with Crippen molar-refractivity contribution in [3.8, 4) is 0 Å². The largest absolute Gasteiger partial charge is 0.396 e. The molecular formula is C10H16N2O. The van der Waals surface area contributed by atoms with Crippen molar-refractivity contribution >= 4 is 0 Å². The van der Waals surface area contributed by atoms with Crippen LogP contribution in [0.5, 0.6) is 0 Å². The minimum absolute atomic E-state index is 0.221. The van der Waals surface area contributed by atoms with E-state index in [1.54, 1.807) is 0 Å². The summed E-state index contributed by atoms with van der Waals surface area (Å²) in [6.45, 7) is 0.221. The number of aliphatic hydroxyl groups excluding tert-OH is 1. The van der Waals surface area contributed by atoms with Crippen LogP contribution in [0, 0.1) is 0 Å². The van der Waals surface area contributed by atoms with Crippen molar-refractivity contribution in [2.45, 2.75) is 31.6 Å². The van der Waals surface area contributed by atoms with Crippen molar-refractivity contribution in [3.05, 3.63) is 17.5 Å². The number of hydrogen-bond donors (Lipinski definition) is 1. The molecule has 0 unspecified atom stereocenters. The zero-order valence-electron chi connectivity index (χ0n) is 8.03. The fourth-order valence-corrected chi connectivity index (χ4v) is 1.95. The lowest BCUT2D eigenvalue weighted by Crippen LogP contribution is -2.12.